The number of amides is 1. The second kappa shape index (κ2) is 7.57. The van der Waals surface area contributed by atoms with Gasteiger partial charge in [-0.05, 0) is 30.0 Å². The highest BCUT2D eigenvalue weighted by Crippen LogP contribution is 2.23. The maximum absolute atomic E-state index is 13.7. The van der Waals surface area contributed by atoms with Gasteiger partial charge >= 0.3 is 5.97 Å². The number of nitrogens with one attached hydrogen (secondary N) is 1. The van der Waals surface area contributed by atoms with E-state index in [1.807, 2.05) is 0 Å². The highest BCUT2D eigenvalue weighted by molar-refractivity contribution is 8.18. The second-order valence-corrected chi connectivity index (χ2v) is 7.74. The second-order valence-electron chi connectivity index (χ2n) is 4.69. The molecule has 1 aliphatic heterocycles. The SMILES string of the molecule is COC(=O)/C=C1/S/C(=N\N=Cc2cc(S(C)(=O)=O)ccc2F)NC1=O. The molecule has 0 aliphatic carbocycles. The predicted molar refractivity (Wildman–Crippen MR) is 90.4 cm³/mol. The number of methoxy groups -OCH3 is 1. The molecule has 0 aromatic heterocycles. The Morgan fingerprint density at radius 3 is 2.76 bits per heavy atom. The molecule has 132 valence electrons. The van der Waals surface area contributed by atoms with Crippen LogP contribution in [0.3, 0.4) is 0 Å². The number of amidine groups is 1. The van der Waals surface area contributed by atoms with Crippen molar-refractivity contribution >= 4 is 44.9 Å². The minimum Gasteiger partial charge on any atom is -0.466 e. The van der Waals surface area contributed by atoms with Crippen molar-refractivity contribution in [2.45, 2.75) is 4.90 Å². The van der Waals surface area contributed by atoms with Crippen LogP contribution in [0.5, 0.6) is 0 Å². The third-order valence-corrected chi connectivity index (χ3v) is 4.85. The fourth-order valence-corrected chi connectivity index (χ4v) is 3.03. The number of benzene rings is 1. The van der Waals surface area contributed by atoms with E-state index >= 15 is 0 Å². The summed E-state index contributed by atoms with van der Waals surface area (Å²) in [6.45, 7) is 0. The largest absolute Gasteiger partial charge is 0.466 e. The first kappa shape index (κ1) is 18.8. The van der Waals surface area contributed by atoms with E-state index in [2.05, 4.69) is 20.3 Å². The Hall–Kier alpha value is -2.53. The number of rotatable bonds is 4. The van der Waals surface area contributed by atoms with E-state index in [1.165, 1.54) is 7.11 Å². The lowest BCUT2D eigenvalue weighted by Gasteiger charge is -2.00. The summed E-state index contributed by atoms with van der Waals surface area (Å²) in [5, 5.41) is 9.76. The Kier molecular flexibility index (Phi) is 5.69. The van der Waals surface area contributed by atoms with Gasteiger partial charge in [0.2, 0.25) is 0 Å². The van der Waals surface area contributed by atoms with Crippen LogP contribution in [0.15, 0.2) is 44.3 Å². The average Bonchev–Trinajstić information content (AvgIpc) is 2.87. The van der Waals surface area contributed by atoms with Crippen molar-refractivity contribution in [2.24, 2.45) is 10.2 Å². The molecule has 0 atom stereocenters. The Morgan fingerprint density at radius 1 is 1.40 bits per heavy atom. The van der Waals surface area contributed by atoms with Crippen LogP contribution in [0.2, 0.25) is 0 Å². The smallest absolute Gasteiger partial charge is 0.331 e. The lowest BCUT2D eigenvalue weighted by atomic mass is 10.2. The first-order valence-electron chi connectivity index (χ1n) is 6.60. The number of sulfone groups is 1. The number of ether oxygens (including phenoxy) is 1. The molecule has 8 nitrogen and oxygen atoms in total. The van der Waals surface area contributed by atoms with Crippen LogP contribution in [0.4, 0.5) is 4.39 Å². The molecular weight excluding hydrogens is 373 g/mol. The van der Waals surface area contributed by atoms with Gasteiger partial charge in [-0.3, -0.25) is 10.1 Å². The molecule has 0 spiro atoms. The Bertz CT molecular complexity index is 922. The predicted octanol–water partition coefficient (Wildman–Crippen LogP) is 0.839. The zero-order valence-electron chi connectivity index (χ0n) is 13.0. The van der Waals surface area contributed by atoms with Gasteiger partial charge in [0.25, 0.3) is 5.91 Å². The summed E-state index contributed by atoms with van der Waals surface area (Å²) in [4.78, 5) is 22.7. The molecule has 0 saturated carbocycles. The van der Waals surface area contributed by atoms with Crippen molar-refractivity contribution in [1.82, 2.24) is 5.32 Å². The van der Waals surface area contributed by atoms with Crippen molar-refractivity contribution in [1.29, 1.82) is 0 Å². The molecule has 1 N–H and O–H groups in total. The van der Waals surface area contributed by atoms with E-state index in [0.717, 1.165) is 48.5 Å². The summed E-state index contributed by atoms with van der Waals surface area (Å²) >= 11 is 0.855. The van der Waals surface area contributed by atoms with E-state index in [0.29, 0.717) is 0 Å². The highest BCUT2D eigenvalue weighted by atomic mass is 32.2. The molecule has 1 aromatic carbocycles. The van der Waals surface area contributed by atoms with Crippen molar-refractivity contribution in [3.63, 3.8) is 0 Å². The summed E-state index contributed by atoms with van der Waals surface area (Å²) in [6, 6.07) is 3.27. The van der Waals surface area contributed by atoms with Crippen LogP contribution in [-0.4, -0.2) is 45.0 Å². The molecule has 0 unspecified atom stereocenters. The summed E-state index contributed by atoms with van der Waals surface area (Å²) < 4.78 is 41.1. The standard InChI is InChI=1S/C14H12FN3O5S2/c1-23-12(19)6-11-13(20)17-14(24-11)18-16-7-8-5-9(25(2,21)22)3-4-10(8)15/h3-7H,1-2H3,(H,17,18,20)/b11-6+,16-7?. The van der Waals surface area contributed by atoms with Gasteiger partial charge in [0.1, 0.15) is 5.82 Å². The number of halogens is 1. The van der Waals surface area contributed by atoms with Gasteiger partial charge < -0.3 is 4.74 Å². The molecule has 1 aromatic rings. The maximum Gasteiger partial charge on any atom is 0.331 e. The zero-order valence-corrected chi connectivity index (χ0v) is 14.6. The monoisotopic (exact) mass is 385 g/mol. The topological polar surface area (TPSA) is 114 Å². The Balaban J connectivity index is 2.19. The Morgan fingerprint density at radius 2 is 2.12 bits per heavy atom. The number of hydrogen-bond acceptors (Lipinski definition) is 8. The third kappa shape index (κ3) is 4.97. The lowest BCUT2D eigenvalue weighted by molar-refractivity contribution is -0.135. The van der Waals surface area contributed by atoms with Crippen molar-refractivity contribution in [3.05, 3.63) is 40.6 Å². The fraction of sp³-hybridized carbons (Fsp3) is 0.143. The van der Waals surface area contributed by atoms with Gasteiger partial charge in [0.15, 0.2) is 15.0 Å². The lowest BCUT2D eigenvalue weighted by Crippen LogP contribution is -2.19. The summed E-state index contributed by atoms with van der Waals surface area (Å²) in [5.74, 6) is -1.91. The van der Waals surface area contributed by atoms with Crippen molar-refractivity contribution in [2.75, 3.05) is 13.4 Å². The van der Waals surface area contributed by atoms with Gasteiger partial charge in [-0.1, -0.05) is 0 Å². The van der Waals surface area contributed by atoms with Crippen molar-refractivity contribution < 1.29 is 27.1 Å². The van der Waals surface area contributed by atoms with Gasteiger partial charge in [-0.15, -0.1) is 5.10 Å². The molecule has 25 heavy (non-hydrogen) atoms. The first-order valence-corrected chi connectivity index (χ1v) is 9.31. The number of thioether (sulfide) groups is 1. The van der Waals surface area contributed by atoms with Gasteiger partial charge in [0.05, 0.1) is 23.1 Å². The van der Waals surface area contributed by atoms with Crippen LogP contribution in [0.25, 0.3) is 0 Å². The minimum atomic E-state index is -3.49. The maximum atomic E-state index is 13.7. The van der Waals surface area contributed by atoms with Gasteiger partial charge in [0, 0.05) is 17.9 Å². The molecule has 0 bridgehead atoms. The molecule has 11 heteroatoms. The number of carbonyl (C=O) groups is 2. The van der Waals surface area contributed by atoms with Crippen LogP contribution in [0.1, 0.15) is 5.56 Å². The average molecular weight is 385 g/mol. The molecule has 2 rings (SSSR count). The first-order chi connectivity index (χ1) is 11.7. The Labute approximate surface area is 146 Å². The molecule has 1 fully saturated rings. The molecule has 1 heterocycles. The van der Waals surface area contributed by atoms with E-state index in [-0.39, 0.29) is 20.5 Å². The highest BCUT2D eigenvalue weighted by Gasteiger charge is 2.25. The van der Waals surface area contributed by atoms with E-state index in [9.17, 15) is 22.4 Å². The number of hydrogen-bond donors (Lipinski definition) is 1. The molecule has 0 radical (unpaired) electrons. The van der Waals surface area contributed by atoms with Gasteiger partial charge in [-0.25, -0.2) is 17.6 Å². The molecule has 1 saturated heterocycles. The number of carbonyl (C=O) groups excluding carboxylic acids is 2. The summed E-state index contributed by atoms with van der Waals surface area (Å²) in [5.41, 5.74) is -0.0769. The fourth-order valence-electron chi connectivity index (χ4n) is 1.64. The van der Waals surface area contributed by atoms with Crippen LogP contribution < -0.4 is 5.32 Å². The molecule has 1 amide bonds. The zero-order chi connectivity index (χ0) is 18.6. The number of esters is 1. The molecular formula is C14H12FN3O5S2. The number of nitrogens with zero attached hydrogens (tertiary/aromatic N) is 2. The van der Waals surface area contributed by atoms with Crippen LogP contribution >= 0.6 is 11.8 Å². The third-order valence-electron chi connectivity index (χ3n) is 2.84. The normalized spacial score (nSPS) is 18.1. The van der Waals surface area contributed by atoms with Gasteiger partial charge in [-0.2, -0.15) is 5.10 Å². The van der Waals surface area contributed by atoms with E-state index < -0.39 is 27.5 Å². The summed E-state index contributed by atoms with van der Waals surface area (Å²) in [6.07, 6.45) is 3.02. The van der Waals surface area contributed by atoms with E-state index in [4.69, 9.17) is 0 Å². The van der Waals surface area contributed by atoms with E-state index in [1.54, 1.807) is 0 Å². The summed E-state index contributed by atoms with van der Waals surface area (Å²) in [7, 11) is -2.31. The van der Waals surface area contributed by atoms with Crippen molar-refractivity contribution in [3.8, 4) is 0 Å². The quantitative estimate of drug-likeness (QED) is 0.270. The minimum absolute atomic E-state index is 0.0603. The van der Waals surface area contributed by atoms with Crippen LogP contribution in [0, 0.1) is 5.82 Å². The van der Waals surface area contributed by atoms with Crippen LogP contribution in [-0.2, 0) is 24.2 Å². The molecule has 1 aliphatic rings.